The first kappa shape index (κ1) is 27.9. The molecule has 2 heterocycles. The van der Waals surface area contributed by atoms with Gasteiger partial charge in [0.05, 0.1) is 6.54 Å². The van der Waals surface area contributed by atoms with Crippen molar-refractivity contribution in [2.24, 2.45) is 4.99 Å². The maximum absolute atomic E-state index is 12.5. The molecular weight excluding hydrogens is 527 g/mol. The van der Waals surface area contributed by atoms with Gasteiger partial charge in [-0.25, -0.2) is 0 Å². The number of nitrogens with zero attached hydrogens (tertiary/aromatic N) is 5. The molecule has 8 heteroatoms. The van der Waals surface area contributed by atoms with Crippen LogP contribution in [0.1, 0.15) is 38.2 Å². The number of hydrogen-bond acceptors (Lipinski definition) is 4. The second-order valence-electron chi connectivity index (χ2n) is 9.22. The van der Waals surface area contributed by atoms with Gasteiger partial charge >= 0.3 is 0 Å². The molecule has 0 saturated carbocycles. The molecule has 1 unspecified atom stereocenters. The Balaban J connectivity index is 0.00000385. The van der Waals surface area contributed by atoms with E-state index >= 15 is 0 Å². The number of halogens is 1. The Morgan fingerprint density at radius 2 is 1.70 bits per heavy atom. The lowest BCUT2D eigenvalue weighted by atomic mass is 10.1. The smallest absolute Gasteiger partial charge is 0.236 e. The van der Waals surface area contributed by atoms with Crippen LogP contribution >= 0.6 is 24.0 Å². The van der Waals surface area contributed by atoms with Crippen LogP contribution < -0.4 is 5.32 Å². The molecule has 1 aromatic rings. The highest BCUT2D eigenvalue weighted by molar-refractivity contribution is 14.0. The summed E-state index contributed by atoms with van der Waals surface area (Å²) in [7, 11) is 4.05. The van der Waals surface area contributed by atoms with Crippen molar-refractivity contribution in [3.05, 3.63) is 35.9 Å². The number of benzene rings is 1. The highest BCUT2D eigenvalue weighted by Crippen LogP contribution is 2.11. The van der Waals surface area contributed by atoms with Gasteiger partial charge < -0.3 is 15.1 Å². The Labute approximate surface area is 217 Å². The zero-order valence-corrected chi connectivity index (χ0v) is 23.0. The van der Waals surface area contributed by atoms with Crippen LogP contribution in [0.5, 0.6) is 0 Å². The molecule has 1 N–H and O–H groups in total. The van der Waals surface area contributed by atoms with Gasteiger partial charge in [-0.3, -0.25) is 19.6 Å². The number of guanidine groups is 1. The maximum Gasteiger partial charge on any atom is 0.236 e. The fourth-order valence-corrected chi connectivity index (χ4v) is 4.53. The lowest BCUT2D eigenvalue weighted by Gasteiger charge is -2.37. The van der Waals surface area contributed by atoms with Crippen LogP contribution in [0.25, 0.3) is 0 Å². The molecule has 0 radical (unpaired) electrons. The maximum atomic E-state index is 12.5. The Morgan fingerprint density at radius 1 is 1.03 bits per heavy atom. The molecule has 0 aromatic heterocycles. The Bertz CT molecular complexity index is 717. The van der Waals surface area contributed by atoms with Crippen LogP contribution in [-0.2, 0) is 11.3 Å². The summed E-state index contributed by atoms with van der Waals surface area (Å²) in [5, 5.41) is 3.55. The molecule has 2 saturated heterocycles. The van der Waals surface area contributed by atoms with Crippen molar-refractivity contribution in [1.29, 1.82) is 0 Å². The molecule has 1 amide bonds. The summed E-state index contributed by atoms with van der Waals surface area (Å²) in [5.74, 6) is 1.28. The van der Waals surface area contributed by atoms with Gasteiger partial charge in [-0.2, -0.15) is 0 Å². The van der Waals surface area contributed by atoms with Gasteiger partial charge in [0.15, 0.2) is 5.96 Å². The van der Waals surface area contributed by atoms with E-state index in [-0.39, 0.29) is 24.0 Å². The highest BCUT2D eigenvalue weighted by atomic mass is 127. The van der Waals surface area contributed by atoms with E-state index in [4.69, 9.17) is 0 Å². The molecule has 2 aliphatic rings. The standard InChI is InChI=1S/C25H42N6O.HI/c1-22(28(3)20-23-10-6-4-7-11-23)12-13-27-25(26-2)31-18-16-29(17-19-31)21-24(32)30-14-8-5-9-15-30;/h4,6-7,10-11,22H,5,8-9,12-21H2,1-3H3,(H,26,27);1H. The highest BCUT2D eigenvalue weighted by Gasteiger charge is 2.24. The quantitative estimate of drug-likeness (QED) is 0.296. The Hall–Kier alpha value is -1.39. The summed E-state index contributed by atoms with van der Waals surface area (Å²) in [5.41, 5.74) is 1.35. The van der Waals surface area contributed by atoms with E-state index in [1.54, 1.807) is 0 Å². The molecule has 2 aliphatic heterocycles. The summed E-state index contributed by atoms with van der Waals surface area (Å²) in [6, 6.07) is 11.1. The number of carbonyl (C=O) groups is 1. The predicted molar refractivity (Wildman–Crippen MR) is 147 cm³/mol. The van der Waals surface area contributed by atoms with Crippen molar-refractivity contribution >= 4 is 35.8 Å². The summed E-state index contributed by atoms with van der Waals surface area (Å²) in [4.78, 5) is 26.1. The normalized spacial score (nSPS) is 18.7. The molecule has 186 valence electrons. The van der Waals surface area contributed by atoms with Crippen LogP contribution in [0.2, 0.25) is 0 Å². The Kier molecular flexibility index (Phi) is 12.5. The van der Waals surface area contributed by atoms with E-state index in [1.165, 1.54) is 12.0 Å². The summed E-state index contributed by atoms with van der Waals surface area (Å²) in [6.45, 7) is 10.2. The van der Waals surface area contributed by atoms with Gasteiger partial charge in [-0.1, -0.05) is 30.3 Å². The fourth-order valence-electron chi connectivity index (χ4n) is 4.53. The van der Waals surface area contributed by atoms with Gasteiger partial charge in [-0.15, -0.1) is 24.0 Å². The number of aliphatic imine (C=N–C) groups is 1. The van der Waals surface area contributed by atoms with Crippen LogP contribution in [0, 0.1) is 0 Å². The van der Waals surface area contributed by atoms with Gasteiger partial charge in [0.1, 0.15) is 0 Å². The summed E-state index contributed by atoms with van der Waals surface area (Å²) >= 11 is 0. The van der Waals surface area contributed by atoms with Crippen molar-refractivity contribution < 1.29 is 4.79 Å². The SMILES string of the molecule is CN=C(NCCC(C)N(C)Cc1ccccc1)N1CCN(CC(=O)N2CCCCC2)CC1.I. The number of amides is 1. The van der Waals surface area contributed by atoms with Crippen molar-refractivity contribution in [1.82, 2.24) is 24.9 Å². The van der Waals surface area contributed by atoms with E-state index in [9.17, 15) is 4.79 Å². The summed E-state index contributed by atoms with van der Waals surface area (Å²) < 4.78 is 0. The van der Waals surface area contributed by atoms with Gasteiger partial charge in [0.25, 0.3) is 0 Å². The number of piperazine rings is 1. The van der Waals surface area contributed by atoms with E-state index in [0.29, 0.717) is 18.5 Å². The van der Waals surface area contributed by atoms with Crippen molar-refractivity contribution in [3.8, 4) is 0 Å². The van der Waals surface area contributed by atoms with Crippen molar-refractivity contribution in [2.75, 3.05) is 66.5 Å². The Morgan fingerprint density at radius 3 is 2.33 bits per heavy atom. The van der Waals surface area contributed by atoms with E-state index < -0.39 is 0 Å². The molecule has 0 aliphatic carbocycles. The lowest BCUT2D eigenvalue weighted by molar-refractivity contribution is -0.133. The fraction of sp³-hybridized carbons (Fsp3) is 0.680. The molecule has 0 spiro atoms. The zero-order chi connectivity index (χ0) is 22.8. The lowest BCUT2D eigenvalue weighted by Crippen LogP contribution is -2.54. The predicted octanol–water partition coefficient (Wildman–Crippen LogP) is 2.72. The summed E-state index contributed by atoms with van der Waals surface area (Å²) in [6.07, 6.45) is 4.63. The van der Waals surface area contributed by atoms with Crippen LogP contribution in [0.4, 0.5) is 0 Å². The van der Waals surface area contributed by atoms with Crippen LogP contribution in [0.15, 0.2) is 35.3 Å². The topological polar surface area (TPSA) is 54.4 Å². The number of carbonyl (C=O) groups excluding carboxylic acids is 1. The van der Waals surface area contributed by atoms with Crippen molar-refractivity contribution in [2.45, 2.75) is 45.2 Å². The number of nitrogens with one attached hydrogen (secondary N) is 1. The van der Waals surface area contributed by atoms with Crippen molar-refractivity contribution in [3.63, 3.8) is 0 Å². The average molecular weight is 571 g/mol. The number of likely N-dealkylation sites (tertiary alicyclic amines) is 1. The average Bonchev–Trinajstić information content (AvgIpc) is 2.83. The zero-order valence-electron chi connectivity index (χ0n) is 20.7. The van der Waals surface area contributed by atoms with E-state index in [1.807, 2.05) is 11.9 Å². The van der Waals surface area contributed by atoms with Gasteiger partial charge in [0.2, 0.25) is 5.91 Å². The molecule has 33 heavy (non-hydrogen) atoms. The third-order valence-corrected chi connectivity index (χ3v) is 6.82. The first-order valence-electron chi connectivity index (χ1n) is 12.3. The van der Waals surface area contributed by atoms with Crippen LogP contribution in [-0.4, -0.2) is 104 Å². The number of rotatable bonds is 8. The molecular formula is C25H43IN6O. The van der Waals surface area contributed by atoms with Gasteiger partial charge in [0, 0.05) is 65.4 Å². The minimum Gasteiger partial charge on any atom is -0.356 e. The second-order valence-corrected chi connectivity index (χ2v) is 9.22. The molecule has 0 bridgehead atoms. The van der Waals surface area contributed by atoms with Gasteiger partial charge in [-0.05, 0) is 45.2 Å². The van der Waals surface area contributed by atoms with E-state index in [0.717, 1.165) is 77.6 Å². The second kappa shape index (κ2) is 14.8. The minimum absolute atomic E-state index is 0. The van der Waals surface area contributed by atoms with E-state index in [2.05, 4.69) is 69.3 Å². The molecule has 1 aromatic carbocycles. The molecule has 3 rings (SSSR count). The largest absolute Gasteiger partial charge is 0.356 e. The first-order valence-corrected chi connectivity index (χ1v) is 12.3. The third-order valence-electron chi connectivity index (χ3n) is 6.82. The minimum atomic E-state index is 0. The van der Waals surface area contributed by atoms with Crippen LogP contribution in [0.3, 0.4) is 0 Å². The first-order chi connectivity index (χ1) is 15.6. The monoisotopic (exact) mass is 570 g/mol. The number of piperidine rings is 1. The molecule has 1 atom stereocenters. The molecule has 2 fully saturated rings. The third kappa shape index (κ3) is 9.05. The molecule has 7 nitrogen and oxygen atoms in total. The number of hydrogen-bond donors (Lipinski definition) is 1.